The van der Waals surface area contributed by atoms with Crippen molar-refractivity contribution in [3.63, 3.8) is 0 Å². The van der Waals surface area contributed by atoms with Crippen molar-refractivity contribution in [2.45, 2.75) is 26.7 Å². The molecule has 0 saturated carbocycles. The van der Waals surface area contributed by atoms with E-state index in [0.717, 1.165) is 38.0 Å². The lowest BCUT2D eigenvalue weighted by Crippen LogP contribution is -2.48. The number of hydrogen-bond acceptors (Lipinski definition) is 3. The molecule has 0 aromatic heterocycles. The maximum atomic E-state index is 4.30. The van der Waals surface area contributed by atoms with Crippen LogP contribution in [0.1, 0.15) is 26.7 Å². The van der Waals surface area contributed by atoms with Crippen molar-refractivity contribution in [1.82, 2.24) is 15.1 Å². The fraction of sp³-hybridized carbons (Fsp3) is 0.857. The first kappa shape index (κ1) is 12.7. The molecule has 0 unspecified atom stereocenters. The summed E-state index contributed by atoms with van der Waals surface area (Å²) in [5.41, 5.74) is 0. The summed E-state index contributed by atoms with van der Waals surface area (Å²) in [6, 6.07) is 0. The van der Waals surface area contributed by atoms with Gasteiger partial charge in [0, 0.05) is 39.3 Å². The number of nitrogens with zero attached hydrogens (tertiary/aromatic N) is 2. The van der Waals surface area contributed by atoms with Crippen LogP contribution in [0.2, 0.25) is 0 Å². The van der Waals surface area contributed by atoms with Crippen LogP contribution in [0.4, 0.5) is 0 Å². The molecule has 0 amide bonds. The largest absolute Gasteiger partial charge is 0.359 e. The van der Waals surface area contributed by atoms with Gasteiger partial charge in [0.15, 0.2) is 0 Å². The quantitative estimate of drug-likeness (QED) is 0.806. The van der Waals surface area contributed by atoms with Crippen molar-refractivity contribution in [2.24, 2.45) is 11.8 Å². The minimum atomic E-state index is 0.838. The van der Waals surface area contributed by atoms with Gasteiger partial charge in [-0.15, -0.1) is 0 Å². The van der Waals surface area contributed by atoms with Crippen LogP contribution in [0, 0.1) is 11.8 Å². The maximum absolute atomic E-state index is 4.30. The Bertz CT molecular complexity index is 248. The van der Waals surface area contributed by atoms with Gasteiger partial charge in [0.25, 0.3) is 0 Å². The Balaban J connectivity index is 1.81. The van der Waals surface area contributed by atoms with Gasteiger partial charge in [0.1, 0.15) is 0 Å². The Morgan fingerprint density at radius 3 is 2.12 bits per heavy atom. The van der Waals surface area contributed by atoms with E-state index in [1.165, 1.54) is 31.8 Å². The molecule has 2 aliphatic rings. The van der Waals surface area contributed by atoms with E-state index in [2.05, 4.69) is 35.5 Å². The van der Waals surface area contributed by atoms with E-state index in [1.807, 2.05) is 0 Å². The predicted molar refractivity (Wildman–Crippen MR) is 72.7 cm³/mol. The van der Waals surface area contributed by atoms with Gasteiger partial charge < -0.3 is 15.1 Å². The van der Waals surface area contributed by atoms with Crippen molar-refractivity contribution in [2.75, 3.05) is 39.3 Å². The van der Waals surface area contributed by atoms with E-state index in [9.17, 15) is 0 Å². The summed E-state index contributed by atoms with van der Waals surface area (Å²) in [6.45, 7) is 15.8. The van der Waals surface area contributed by atoms with Crippen LogP contribution >= 0.6 is 0 Å². The number of rotatable bonds is 3. The highest BCUT2D eigenvalue weighted by molar-refractivity contribution is 4.97. The van der Waals surface area contributed by atoms with Gasteiger partial charge in [-0.1, -0.05) is 20.4 Å². The normalized spacial score (nSPS) is 23.2. The van der Waals surface area contributed by atoms with Gasteiger partial charge in [0.05, 0.1) is 5.82 Å². The molecule has 0 aromatic carbocycles. The standard InChI is InChI=1S/C14H27N3/c1-12(2)14-4-8-16(9-5-14)13(3)17-10-6-15-7-11-17/h12,14-15H,3-11H2,1-2H3. The van der Waals surface area contributed by atoms with Gasteiger partial charge >= 0.3 is 0 Å². The molecule has 2 fully saturated rings. The molecule has 3 heteroatoms. The molecule has 2 aliphatic heterocycles. The summed E-state index contributed by atoms with van der Waals surface area (Å²) in [5, 5.41) is 3.39. The number of likely N-dealkylation sites (tertiary alicyclic amines) is 1. The van der Waals surface area contributed by atoms with Crippen molar-refractivity contribution >= 4 is 0 Å². The Morgan fingerprint density at radius 2 is 1.59 bits per heavy atom. The third-order valence-corrected chi connectivity index (χ3v) is 4.33. The SMILES string of the molecule is C=C(N1CCNCC1)N1CCC(C(C)C)CC1. The number of piperazine rings is 1. The lowest BCUT2D eigenvalue weighted by atomic mass is 9.87. The van der Waals surface area contributed by atoms with Crippen molar-refractivity contribution in [3.8, 4) is 0 Å². The summed E-state index contributed by atoms with van der Waals surface area (Å²) in [6.07, 6.45) is 2.67. The van der Waals surface area contributed by atoms with Gasteiger partial charge in [-0.05, 0) is 24.7 Å². The second-order valence-corrected chi connectivity index (χ2v) is 5.72. The first-order valence-corrected chi connectivity index (χ1v) is 7.08. The van der Waals surface area contributed by atoms with E-state index in [0.29, 0.717) is 0 Å². The van der Waals surface area contributed by atoms with E-state index in [1.54, 1.807) is 0 Å². The molecule has 3 nitrogen and oxygen atoms in total. The molecule has 1 N–H and O–H groups in total. The van der Waals surface area contributed by atoms with Crippen LogP contribution in [-0.4, -0.2) is 49.1 Å². The lowest BCUT2D eigenvalue weighted by Gasteiger charge is -2.41. The van der Waals surface area contributed by atoms with E-state index < -0.39 is 0 Å². The molecule has 17 heavy (non-hydrogen) atoms. The number of hydrogen-bond donors (Lipinski definition) is 1. The van der Waals surface area contributed by atoms with Crippen molar-refractivity contribution in [1.29, 1.82) is 0 Å². The molecule has 2 heterocycles. The van der Waals surface area contributed by atoms with Gasteiger partial charge in [-0.3, -0.25) is 0 Å². The monoisotopic (exact) mass is 237 g/mol. The zero-order valence-electron chi connectivity index (χ0n) is 11.4. The fourth-order valence-corrected chi connectivity index (χ4v) is 2.95. The van der Waals surface area contributed by atoms with Crippen molar-refractivity contribution in [3.05, 3.63) is 12.4 Å². The fourth-order valence-electron chi connectivity index (χ4n) is 2.95. The summed E-state index contributed by atoms with van der Waals surface area (Å²) in [4.78, 5) is 4.93. The second kappa shape index (κ2) is 5.76. The van der Waals surface area contributed by atoms with Crippen LogP contribution in [0.25, 0.3) is 0 Å². The Kier molecular flexibility index (Phi) is 4.32. The predicted octanol–water partition coefficient (Wildman–Crippen LogP) is 1.73. The summed E-state index contributed by atoms with van der Waals surface area (Å²) >= 11 is 0. The van der Waals surface area contributed by atoms with Gasteiger partial charge in [-0.2, -0.15) is 0 Å². The van der Waals surface area contributed by atoms with E-state index in [4.69, 9.17) is 0 Å². The van der Waals surface area contributed by atoms with Gasteiger partial charge in [0.2, 0.25) is 0 Å². The third-order valence-electron chi connectivity index (χ3n) is 4.33. The van der Waals surface area contributed by atoms with Crippen LogP contribution in [0.5, 0.6) is 0 Å². The molecular formula is C14H27N3. The van der Waals surface area contributed by atoms with Crippen LogP contribution in [0.3, 0.4) is 0 Å². The molecule has 0 radical (unpaired) electrons. The van der Waals surface area contributed by atoms with E-state index >= 15 is 0 Å². The number of piperidine rings is 1. The molecule has 2 rings (SSSR count). The minimum absolute atomic E-state index is 0.838. The third kappa shape index (κ3) is 3.15. The van der Waals surface area contributed by atoms with Crippen molar-refractivity contribution < 1.29 is 0 Å². The van der Waals surface area contributed by atoms with Crippen LogP contribution < -0.4 is 5.32 Å². The Labute approximate surface area is 106 Å². The minimum Gasteiger partial charge on any atom is -0.359 e. The Morgan fingerprint density at radius 1 is 1.06 bits per heavy atom. The molecule has 0 bridgehead atoms. The number of nitrogens with one attached hydrogen (secondary N) is 1. The van der Waals surface area contributed by atoms with Crippen LogP contribution in [0.15, 0.2) is 12.4 Å². The maximum Gasteiger partial charge on any atom is 0.0965 e. The molecular weight excluding hydrogens is 210 g/mol. The smallest absolute Gasteiger partial charge is 0.0965 e. The average molecular weight is 237 g/mol. The van der Waals surface area contributed by atoms with Gasteiger partial charge in [-0.25, -0.2) is 0 Å². The zero-order chi connectivity index (χ0) is 12.3. The molecule has 98 valence electrons. The molecule has 0 spiro atoms. The average Bonchev–Trinajstić information content (AvgIpc) is 2.39. The first-order chi connectivity index (χ1) is 8.18. The Hall–Kier alpha value is -0.700. The highest BCUT2D eigenvalue weighted by Crippen LogP contribution is 2.26. The lowest BCUT2D eigenvalue weighted by molar-refractivity contribution is 0.136. The molecule has 0 aromatic rings. The summed E-state index contributed by atoms with van der Waals surface area (Å²) < 4.78 is 0. The first-order valence-electron chi connectivity index (χ1n) is 7.08. The molecule has 2 saturated heterocycles. The van der Waals surface area contributed by atoms with E-state index in [-0.39, 0.29) is 0 Å². The highest BCUT2D eigenvalue weighted by Gasteiger charge is 2.24. The summed E-state index contributed by atoms with van der Waals surface area (Å²) in [5.74, 6) is 3.01. The topological polar surface area (TPSA) is 18.5 Å². The molecule has 0 aliphatic carbocycles. The zero-order valence-corrected chi connectivity index (χ0v) is 11.4. The van der Waals surface area contributed by atoms with Crippen LogP contribution in [-0.2, 0) is 0 Å². The second-order valence-electron chi connectivity index (χ2n) is 5.72. The summed E-state index contributed by atoms with van der Waals surface area (Å²) in [7, 11) is 0. The molecule has 0 atom stereocenters. The highest BCUT2D eigenvalue weighted by atomic mass is 15.3.